The van der Waals surface area contributed by atoms with Crippen molar-refractivity contribution in [3.8, 4) is 34.0 Å². The number of hydrogen-bond donors (Lipinski definition) is 1. The zero-order chi connectivity index (χ0) is 44.3. The van der Waals surface area contributed by atoms with Gasteiger partial charge in [0.05, 0.1) is 52.3 Å². The van der Waals surface area contributed by atoms with Crippen molar-refractivity contribution in [2.45, 2.75) is 45.1 Å². The predicted molar refractivity (Wildman–Crippen MR) is 189 cm³/mol. The van der Waals surface area contributed by atoms with Gasteiger partial charge in [-0.15, -0.1) is 0 Å². The van der Waals surface area contributed by atoms with Crippen LogP contribution in [0, 0.1) is 0 Å². The highest BCUT2D eigenvalue weighted by Gasteiger charge is 2.32. The third kappa shape index (κ3) is 11.4. The molecule has 0 aliphatic carbocycles. The van der Waals surface area contributed by atoms with Crippen LogP contribution in [-0.4, -0.2) is 53.3 Å². The van der Waals surface area contributed by atoms with Crippen molar-refractivity contribution in [2.75, 3.05) is 13.9 Å². The summed E-state index contributed by atoms with van der Waals surface area (Å²) in [6.45, 7) is 1.33. The van der Waals surface area contributed by atoms with E-state index in [-0.39, 0.29) is 64.3 Å². The summed E-state index contributed by atoms with van der Waals surface area (Å²) in [5.41, 5.74) is -0.112. The quantitative estimate of drug-likeness (QED) is 0.0536. The minimum atomic E-state index is -4.43. The first-order valence-corrected chi connectivity index (χ1v) is 16.9. The Morgan fingerprint density at radius 2 is 0.867 bits per heavy atom. The number of aldehydes is 3. The number of nitrogens with zero attached hydrogens (tertiary/aromatic N) is 3. The Balaban J connectivity index is 0.000000199. The highest BCUT2D eigenvalue weighted by molar-refractivity contribution is 5.87. The third-order valence-corrected chi connectivity index (χ3v) is 8.11. The van der Waals surface area contributed by atoms with Crippen LogP contribution in [0.5, 0.6) is 0 Å². The molecule has 0 aliphatic heterocycles. The molecule has 0 unspecified atom stereocenters. The lowest BCUT2D eigenvalue weighted by Gasteiger charge is -2.06. The summed E-state index contributed by atoms with van der Waals surface area (Å²) >= 11 is 0. The van der Waals surface area contributed by atoms with Crippen LogP contribution in [0.1, 0.15) is 71.8 Å². The van der Waals surface area contributed by atoms with Crippen LogP contribution < -0.4 is 0 Å². The molecule has 60 heavy (non-hydrogen) atoms. The Hall–Kier alpha value is -6.45. The second-order valence-corrected chi connectivity index (χ2v) is 12.0. The number of benzene rings is 3. The van der Waals surface area contributed by atoms with Gasteiger partial charge < -0.3 is 28.1 Å². The first kappa shape index (κ1) is 46.2. The van der Waals surface area contributed by atoms with Gasteiger partial charge in [-0.2, -0.15) is 39.5 Å². The Labute approximate surface area is 332 Å². The molecule has 0 saturated carbocycles. The summed E-state index contributed by atoms with van der Waals surface area (Å²) in [5, 5.41) is 19.8. The maximum atomic E-state index is 12.5. The number of hydrogen-bond acceptors (Lipinski definition) is 12. The van der Waals surface area contributed by atoms with E-state index in [1.807, 2.05) is 0 Å². The topological polar surface area (TPSA) is 168 Å². The molecular weight excluding hydrogens is 825 g/mol. The number of carbonyl (C=O) groups excluding carboxylic acids is 3. The van der Waals surface area contributed by atoms with Crippen LogP contribution in [0.2, 0.25) is 0 Å². The van der Waals surface area contributed by atoms with Gasteiger partial charge in [-0.05, 0) is 42.8 Å². The molecule has 0 amide bonds. The molecule has 0 saturated heterocycles. The number of aliphatic hydroxyl groups excluding tert-OH is 1. The number of rotatable bonds is 12. The molecule has 0 atom stereocenters. The minimum absolute atomic E-state index is 0.00789. The highest BCUT2D eigenvalue weighted by Crippen LogP contribution is 2.35. The number of carbonyl (C=O) groups is 3. The van der Waals surface area contributed by atoms with Crippen molar-refractivity contribution in [3.05, 3.63) is 123 Å². The standard InChI is InChI=1S/C14H12F3NO4.C13H10F3NO2.C12H8F3NO3/c1-20-8-21-7-12-11(6-19)13(22-18-12)9-2-4-10(5-3-9)14(15,16)17;1-2-11-10(7-18)12(19-17-11)8-3-5-9(6-4-8)13(14,15)16;13-12(14,15)8-3-1-7(2-4-8)11-9(5-17)10(6-18)16-19-11/h2-6H,7-8H2,1H3;3-7H,2H2,1H3;1-5,18H,6H2. The third-order valence-electron chi connectivity index (χ3n) is 8.11. The van der Waals surface area contributed by atoms with E-state index in [4.69, 9.17) is 28.1 Å². The molecular formula is C39H30F9N3O9. The fourth-order valence-corrected chi connectivity index (χ4v) is 5.11. The number of aryl methyl sites for hydroxylation is 1. The molecule has 3 aromatic heterocycles. The largest absolute Gasteiger partial charge is 0.416 e. The second-order valence-electron chi connectivity index (χ2n) is 12.0. The zero-order valence-corrected chi connectivity index (χ0v) is 30.9. The van der Waals surface area contributed by atoms with E-state index in [9.17, 15) is 53.9 Å². The van der Waals surface area contributed by atoms with E-state index in [0.717, 1.165) is 36.4 Å². The summed E-state index contributed by atoms with van der Waals surface area (Å²) in [5.74, 6) is 0.327. The summed E-state index contributed by atoms with van der Waals surface area (Å²) in [4.78, 5) is 33.0. The molecule has 0 radical (unpaired) electrons. The minimum Gasteiger partial charge on any atom is -0.390 e. The van der Waals surface area contributed by atoms with Gasteiger partial charge in [-0.3, -0.25) is 14.4 Å². The molecule has 0 aliphatic rings. The molecule has 12 nitrogen and oxygen atoms in total. The predicted octanol–water partition coefficient (Wildman–Crippen LogP) is 9.69. The van der Waals surface area contributed by atoms with Crippen LogP contribution >= 0.6 is 0 Å². The Morgan fingerprint density at radius 1 is 0.550 bits per heavy atom. The van der Waals surface area contributed by atoms with Crippen LogP contribution in [0.3, 0.4) is 0 Å². The van der Waals surface area contributed by atoms with Crippen LogP contribution in [0.4, 0.5) is 39.5 Å². The fourth-order valence-electron chi connectivity index (χ4n) is 5.11. The van der Waals surface area contributed by atoms with Crippen molar-refractivity contribution in [1.29, 1.82) is 0 Å². The second kappa shape index (κ2) is 20.0. The number of methoxy groups -OCH3 is 1. The van der Waals surface area contributed by atoms with Crippen LogP contribution in [-0.2, 0) is 47.6 Å². The van der Waals surface area contributed by atoms with Gasteiger partial charge in [-0.25, -0.2) is 0 Å². The molecule has 6 aromatic rings. The lowest BCUT2D eigenvalue weighted by atomic mass is 10.0. The first-order valence-electron chi connectivity index (χ1n) is 16.9. The lowest BCUT2D eigenvalue weighted by Crippen LogP contribution is -2.04. The van der Waals surface area contributed by atoms with Crippen molar-refractivity contribution in [3.63, 3.8) is 0 Å². The summed E-state index contributed by atoms with van der Waals surface area (Å²) in [6.07, 6.45) is -11.2. The van der Waals surface area contributed by atoms with Crippen LogP contribution in [0.25, 0.3) is 34.0 Å². The number of halogens is 9. The van der Waals surface area contributed by atoms with Crippen molar-refractivity contribution >= 4 is 18.9 Å². The molecule has 1 N–H and O–H groups in total. The molecule has 0 bridgehead atoms. The summed E-state index contributed by atoms with van der Waals surface area (Å²) < 4.78 is 137. The maximum absolute atomic E-state index is 12.5. The van der Waals surface area contributed by atoms with Crippen LogP contribution in [0.15, 0.2) is 86.4 Å². The molecule has 318 valence electrons. The normalized spacial score (nSPS) is 11.6. The number of aromatic nitrogens is 3. The average molecular weight is 856 g/mol. The van der Waals surface area contributed by atoms with E-state index in [0.29, 0.717) is 42.1 Å². The smallest absolute Gasteiger partial charge is 0.390 e. The number of ether oxygens (including phenoxy) is 2. The summed E-state index contributed by atoms with van der Waals surface area (Å²) in [7, 11) is 1.44. The Kier molecular flexibility index (Phi) is 15.4. The van der Waals surface area contributed by atoms with Crippen molar-refractivity contribution < 1.29 is 82.0 Å². The average Bonchev–Trinajstić information content (AvgIpc) is 3.97. The SMILES string of the molecule is CCc1noc(-c2ccc(C(F)(F)F)cc2)c1C=O.COCOCc1noc(-c2ccc(C(F)(F)F)cc2)c1C=O.O=Cc1c(CO)noc1-c1ccc(C(F)(F)F)cc1. The van der Waals surface area contributed by atoms with Crippen molar-refractivity contribution in [1.82, 2.24) is 15.5 Å². The molecule has 21 heteroatoms. The number of aliphatic hydroxyl groups is 1. The molecule has 6 rings (SSSR count). The first-order chi connectivity index (χ1) is 28.4. The van der Waals surface area contributed by atoms with Gasteiger partial charge in [0, 0.05) is 23.8 Å². The molecule has 3 heterocycles. The van der Waals surface area contributed by atoms with E-state index in [1.165, 1.54) is 43.5 Å². The Bertz CT molecular complexity index is 2220. The van der Waals surface area contributed by atoms with Gasteiger partial charge in [0.25, 0.3) is 0 Å². The number of alkyl halides is 9. The summed E-state index contributed by atoms with van der Waals surface area (Å²) in [6, 6.07) is 12.8. The monoisotopic (exact) mass is 855 g/mol. The van der Waals surface area contributed by atoms with Gasteiger partial charge in [0.1, 0.15) is 18.2 Å². The van der Waals surface area contributed by atoms with Crippen molar-refractivity contribution in [2.24, 2.45) is 0 Å². The maximum Gasteiger partial charge on any atom is 0.416 e. The van der Waals surface area contributed by atoms with Gasteiger partial charge >= 0.3 is 18.5 Å². The van der Waals surface area contributed by atoms with E-state index in [2.05, 4.69) is 15.5 Å². The zero-order valence-electron chi connectivity index (χ0n) is 30.9. The van der Waals surface area contributed by atoms with Gasteiger partial charge in [0.2, 0.25) is 0 Å². The van der Waals surface area contributed by atoms with Gasteiger partial charge in [-0.1, -0.05) is 58.8 Å². The van der Waals surface area contributed by atoms with E-state index >= 15 is 0 Å². The fraction of sp³-hybridized carbons (Fsp3) is 0.231. The van der Waals surface area contributed by atoms with E-state index in [1.54, 1.807) is 6.92 Å². The highest BCUT2D eigenvalue weighted by atomic mass is 19.4. The molecule has 3 aromatic carbocycles. The lowest BCUT2D eigenvalue weighted by molar-refractivity contribution is -0.138. The van der Waals surface area contributed by atoms with Gasteiger partial charge in [0.15, 0.2) is 36.1 Å². The Morgan fingerprint density at radius 3 is 1.17 bits per heavy atom. The molecule has 0 fully saturated rings. The van der Waals surface area contributed by atoms with E-state index < -0.39 is 41.8 Å². The molecule has 0 spiro atoms.